The third-order valence-electron chi connectivity index (χ3n) is 4.94. The highest BCUT2D eigenvalue weighted by molar-refractivity contribution is 7.07. The largest absolute Gasteiger partial charge is 0.573 e. The van der Waals surface area contributed by atoms with Gasteiger partial charge in [0.15, 0.2) is 16.3 Å². The number of nitrogens with one attached hydrogen (secondary N) is 2. The van der Waals surface area contributed by atoms with E-state index < -0.39 is 6.36 Å². The lowest BCUT2D eigenvalue weighted by Crippen LogP contribution is -2.36. The number of nitrogens with zero attached hydrogens (tertiary/aromatic N) is 2. The van der Waals surface area contributed by atoms with Gasteiger partial charge in [-0.25, -0.2) is 9.79 Å². The van der Waals surface area contributed by atoms with Crippen LogP contribution in [0.25, 0.3) is 11.3 Å². The number of fused-ring (bicyclic) bond motifs is 1. The maximum absolute atomic E-state index is 12.4. The predicted molar refractivity (Wildman–Crippen MR) is 124 cm³/mol. The summed E-state index contributed by atoms with van der Waals surface area (Å²) in [5, 5.41) is 7.44. The molecule has 0 unspecified atom stereocenters. The molecule has 0 fully saturated rings. The van der Waals surface area contributed by atoms with Crippen LogP contribution >= 0.6 is 11.3 Å². The molecule has 2 amide bonds. The molecule has 2 heterocycles. The second kappa shape index (κ2) is 10.7. The summed E-state index contributed by atoms with van der Waals surface area (Å²) in [7, 11) is 0. The summed E-state index contributed by atoms with van der Waals surface area (Å²) >= 11 is 1.40. The number of urea groups is 1. The van der Waals surface area contributed by atoms with Crippen molar-refractivity contribution in [3.05, 3.63) is 52.6 Å². The molecule has 0 spiro atoms. The van der Waals surface area contributed by atoms with Gasteiger partial charge in [-0.1, -0.05) is 0 Å². The number of thiazole rings is 1. The summed E-state index contributed by atoms with van der Waals surface area (Å²) in [5.41, 5.74) is 2.27. The fourth-order valence-electron chi connectivity index (χ4n) is 3.42. The molecule has 0 bridgehead atoms. The second-order valence-corrected chi connectivity index (χ2v) is 8.25. The first kappa shape index (κ1) is 24.5. The fraction of sp³-hybridized carbons (Fsp3) is 0.304. The molecule has 3 aromatic rings. The number of amides is 2. The second-order valence-electron chi connectivity index (χ2n) is 7.42. The van der Waals surface area contributed by atoms with Crippen LogP contribution in [-0.4, -0.2) is 36.8 Å². The maximum atomic E-state index is 12.4. The zero-order valence-electron chi connectivity index (χ0n) is 18.7. The summed E-state index contributed by atoms with van der Waals surface area (Å²) in [6, 6.07) is 10.8. The third-order valence-corrected chi connectivity index (χ3v) is 5.81. The summed E-state index contributed by atoms with van der Waals surface area (Å²) in [5.74, 6) is 1.01. The molecule has 4 rings (SSSR count). The van der Waals surface area contributed by atoms with E-state index in [9.17, 15) is 18.0 Å². The van der Waals surface area contributed by atoms with Crippen LogP contribution in [0.15, 0.2) is 52.8 Å². The lowest BCUT2D eigenvalue weighted by atomic mass is 10.1. The molecule has 1 aliphatic rings. The van der Waals surface area contributed by atoms with Crippen molar-refractivity contribution < 1.29 is 32.2 Å². The van der Waals surface area contributed by atoms with Gasteiger partial charge in [0, 0.05) is 30.6 Å². The SMILES string of the molecule is CCNC(=O)NCCCn1c(-c2ccc3c(c2)OCO3)cs/c1=N\c1ccc(OC(F)(F)F)cc1. The molecule has 186 valence electrons. The van der Waals surface area contributed by atoms with Crippen LogP contribution < -0.4 is 29.6 Å². The molecular formula is C23H23F3N4O4S. The number of hydrogen-bond donors (Lipinski definition) is 2. The van der Waals surface area contributed by atoms with Gasteiger partial charge < -0.3 is 29.4 Å². The number of rotatable bonds is 8. The van der Waals surface area contributed by atoms with Crippen molar-refractivity contribution in [1.82, 2.24) is 15.2 Å². The van der Waals surface area contributed by atoms with Gasteiger partial charge in [-0.3, -0.25) is 0 Å². The molecule has 1 aliphatic heterocycles. The molecular weight excluding hydrogens is 485 g/mol. The van der Waals surface area contributed by atoms with Gasteiger partial charge in [-0.2, -0.15) is 0 Å². The normalized spacial score (nSPS) is 13.1. The van der Waals surface area contributed by atoms with Crippen LogP contribution in [0.3, 0.4) is 0 Å². The monoisotopic (exact) mass is 508 g/mol. The van der Waals surface area contributed by atoms with Crippen LogP contribution in [-0.2, 0) is 6.54 Å². The smallest absolute Gasteiger partial charge is 0.454 e. The number of carbonyl (C=O) groups is 1. The first-order chi connectivity index (χ1) is 16.8. The highest BCUT2D eigenvalue weighted by Gasteiger charge is 2.31. The highest BCUT2D eigenvalue weighted by Crippen LogP contribution is 2.36. The Hall–Kier alpha value is -3.67. The van der Waals surface area contributed by atoms with Crippen molar-refractivity contribution in [3.8, 4) is 28.5 Å². The standard InChI is InChI=1S/C23H23F3N4O4S/c1-2-27-21(31)28-10-3-11-30-18(15-4-9-19-20(12-15)33-14-32-19)13-35-22(30)29-16-5-7-17(8-6-16)34-23(24,25)26/h4-9,12-13H,2-3,10-11,14H2,1H3,(H2,27,28,31)/b29-22-. The predicted octanol–water partition coefficient (Wildman–Crippen LogP) is 4.79. The molecule has 12 heteroatoms. The van der Waals surface area contributed by atoms with E-state index in [1.54, 1.807) is 0 Å². The Morgan fingerprint density at radius 2 is 1.91 bits per heavy atom. The van der Waals surface area contributed by atoms with Gasteiger partial charge in [-0.05, 0) is 55.8 Å². The summed E-state index contributed by atoms with van der Waals surface area (Å²) in [6.45, 7) is 3.55. The van der Waals surface area contributed by atoms with Gasteiger partial charge in [0.1, 0.15) is 5.75 Å². The van der Waals surface area contributed by atoms with Gasteiger partial charge in [-0.15, -0.1) is 24.5 Å². The first-order valence-electron chi connectivity index (χ1n) is 10.8. The number of alkyl halides is 3. The highest BCUT2D eigenvalue weighted by atomic mass is 32.1. The first-order valence-corrected chi connectivity index (χ1v) is 11.7. The Labute approximate surface area is 203 Å². The Morgan fingerprint density at radius 1 is 1.14 bits per heavy atom. The van der Waals surface area contributed by atoms with Crippen LogP contribution in [0.2, 0.25) is 0 Å². The molecule has 1 aromatic heterocycles. The average molecular weight is 509 g/mol. The molecule has 0 saturated carbocycles. The molecule has 35 heavy (non-hydrogen) atoms. The lowest BCUT2D eigenvalue weighted by Gasteiger charge is -2.11. The third kappa shape index (κ3) is 6.47. The number of halogens is 3. The quantitative estimate of drug-likeness (QED) is 0.429. The van der Waals surface area contributed by atoms with Crippen molar-refractivity contribution in [2.75, 3.05) is 19.9 Å². The fourth-order valence-corrected chi connectivity index (χ4v) is 4.37. The molecule has 0 atom stereocenters. The van der Waals surface area contributed by atoms with E-state index in [1.807, 2.05) is 35.1 Å². The van der Waals surface area contributed by atoms with E-state index in [2.05, 4.69) is 20.4 Å². The van der Waals surface area contributed by atoms with E-state index >= 15 is 0 Å². The van der Waals surface area contributed by atoms with Crippen molar-refractivity contribution in [3.63, 3.8) is 0 Å². The number of aromatic nitrogens is 1. The Balaban J connectivity index is 1.60. The van der Waals surface area contributed by atoms with Crippen molar-refractivity contribution in [2.24, 2.45) is 4.99 Å². The minimum Gasteiger partial charge on any atom is -0.454 e. The van der Waals surface area contributed by atoms with Crippen molar-refractivity contribution in [2.45, 2.75) is 26.3 Å². The molecule has 8 nitrogen and oxygen atoms in total. The Morgan fingerprint density at radius 3 is 2.66 bits per heavy atom. The molecule has 2 aromatic carbocycles. The zero-order chi connectivity index (χ0) is 24.8. The van der Waals surface area contributed by atoms with Crippen LogP contribution in [0.5, 0.6) is 17.2 Å². The zero-order valence-corrected chi connectivity index (χ0v) is 19.5. The van der Waals surface area contributed by atoms with Crippen LogP contribution in [0, 0.1) is 0 Å². The number of benzene rings is 2. The number of carbonyl (C=O) groups excluding carboxylic acids is 1. The van der Waals surface area contributed by atoms with Crippen molar-refractivity contribution in [1.29, 1.82) is 0 Å². The Bertz CT molecular complexity index is 1240. The molecule has 2 N–H and O–H groups in total. The van der Waals surface area contributed by atoms with E-state index in [1.165, 1.54) is 35.6 Å². The topological polar surface area (TPSA) is 86.1 Å². The van der Waals surface area contributed by atoms with Crippen molar-refractivity contribution >= 4 is 23.1 Å². The van der Waals surface area contributed by atoms with Gasteiger partial charge in [0.05, 0.1) is 11.4 Å². The average Bonchev–Trinajstić information content (AvgIpc) is 3.43. The summed E-state index contributed by atoms with van der Waals surface area (Å²) < 4.78 is 54.1. The number of hydrogen-bond acceptors (Lipinski definition) is 6. The summed E-state index contributed by atoms with van der Waals surface area (Å²) in [6.07, 6.45) is -4.12. The van der Waals surface area contributed by atoms with Gasteiger partial charge in [0.2, 0.25) is 6.79 Å². The lowest BCUT2D eigenvalue weighted by molar-refractivity contribution is -0.274. The number of ether oxygens (including phenoxy) is 3. The Kier molecular flexibility index (Phi) is 7.49. The van der Waals surface area contributed by atoms with Gasteiger partial charge in [0.25, 0.3) is 0 Å². The van der Waals surface area contributed by atoms with Gasteiger partial charge >= 0.3 is 12.4 Å². The molecule has 0 aliphatic carbocycles. The van der Waals surface area contributed by atoms with Crippen LogP contribution in [0.1, 0.15) is 13.3 Å². The maximum Gasteiger partial charge on any atom is 0.573 e. The minimum absolute atomic E-state index is 0.169. The molecule has 0 saturated heterocycles. The van der Waals surface area contributed by atoms with Crippen LogP contribution in [0.4, 0.5) is 23.7 Å². The van der Waals surface area contributed by atoms with E-state index in [0.717, 1.165) is 11.3 Å². The van der Waals surface area contributed by atoms with E-state index in [-0.39, 0.29) is 18.6 Å². The molecule has 0 radical (unpaired) electrons. The van der Waals surface area contributed by atoms with E-state index in [0.29, 0.717) is 48.0 Å². The summed E-state index contributed by atoms with van der Waals surface area (Å²) in [4.78, 5) is 17.0. The van der Waals surface area contributed by atoms with E-state index in [4.69, 9.17) is 9.47 Å². The minimum atomic E-state index is -4.75.